The molecule has 6 heteroatoms. The smallest absolute Gasteiger partial charge is 0.262 e. The van der Waals surface area contributed by atoms with Crippen LogP contribution in [-0.2, 0) is 11.3 Å². The van der Waals surface area contributed by atoms with Gasteiger partial charge < -0.3 is 14.6 Å². The molecule has 1 aliphatic rings. The van der Waals surface area contributed by atoms with E-state index in [9.17, 15) is 4.79 Å². The minimum atomic E-state index is -0.182. The predicted octanol–water partition coefficient (Wildman–Crippen LogP) is 4.80. The van der Waals surface area contributed by atoms with Gasteiger partial charge in [0.25, 0.3) is 5.91 Å². The Labute approximate surface area is 169 Å². The van der Waals surface area contributed by atoms with Gasteiger partial charge in [0.2, 0.25) is 0 Å². The molecule has 3 aromatic rings. The number of aromatic nitrogens is 2. The van der Waals surface area contributed by atoms with Crippen LogP contribution in [0.4, 0.5) is 5.69 Å². The molecular weight excluding hydrogens is 370 g/mol. The van der Waals surface area contributed by atoms with Gasteiger partial charge in [-0.3, -0.25) is 4.79 Å². The molecule has 5 nitrogen and oxygen atoms in total. The van der Waals surface area contributed by atoms with Gasteiger partial charge in [0.05, 0.1) is 5.69 Å². The van der Waals surface area contributed by atoms with Gasteiger partial charge >= 0.3 is 0 Å². The van der Waals surface area contributed by atoms with Crippen LogP contribution in [0.2, 0.25) is 0 Å². The van der Waals surface area contributed by atoms with Gasteiger partial charge in [-0.25, -0.2) is 4.98 Å². The standard InChI is InChI=1S/C22H23N3O2S/c1-15(2)16-5-9-19(10-6-16)27-14-21(26)23-18-7-3-17(4-8-18)20-13-25-11-12-28-22(25)24-20/h3-10,13,15H,11-12,14H2,1-2H3,(H,23,26). The topological polar surface area (TPSA) is 56.1 Å². The first kappa shape index (κ1) is 18.6. The number of nitrogens with zero attached hydrogens (tertiary/aromatic N) is 2. The summed E-state index contributed by atoms with van der Waals surface area (Å²) in [7, 11) is 0. The van der Waals surface area contributed by atoms with Crippen LogP contribution >= 0.6 is 11.8 Å². The maximum Gasteiger partial charge on any atom is 0.262 e. The molecule has 0 saturated carbocycles. The Morgan fingerprint density at radius 3 is 2.61 bits per heavy atom. The number of benzene rings is 2. The molecule has 0 bridgehead atoms. The Bertz CT molecular complexity index is 941. The van der Waals surface area contributed by atoms with Crippen molar-refractivity contribution in [1.29, 1.82) is 0 Å². The van der Waals surface area contributed by atoms with Gasteiger partial charge in [-0.1, -0.05) is 49.9 Å². The molecule has 0 unspecified atom stereocenters. The molecule has 0 fully saturated rings. The van der Waals surface area contributed by atoms with Crippen molar-refractivity contribution in [2.75, 3.05) is 17.7 Å². The normalized spacial score (nSPS) is 12.8. The highest BCUT2D eigenvalue weighted by Gasteiger charge is 2.15. The van der Waals surface area contributed by atoms with Crippen LogP contribution < -0.4 is 10.1 Å². The van der Waals surface area contributed by atoms with Crippen LogP contribution in [0, 0.1) is 0 Å². The summed E-state index contributed by atoms with van der Waals surface area (Å²) in [5, 5.41) is 3.94. The van der Waals surface area contributed by atoms with Crippen molar-refractivity contribution < 1.29 is 9.53 Å². The summed E-state index contributed by atoms with van der Waals surface area (Å²) in [6.45, 7) is 5.29. The van der Waals surface area contributed by atoms with E-state index in [1.54, 1.807) is 11.8 Å². The van der Waals surface area contributed by atoms with E-state index in [2.05, 4.69) is 34.9 Å². The Balaban J connectivity index is 1.31. The molecular formula is C22H23N3O2S. The molecule has 2 heterocycles. The number of imidazole rings is 1. The van der Waals surface area contributed by atoms with Crippen molar-refractivity contribution in [3.63, 3.8) is 0 Å². The van der Waals surface area contributed by atoms with Crippen LogP contribution in [0.15, 0.2) is 59.9 Å². The second-order valence-electron chi connectivity index (χ2n) is 7.09. The summed E-state index contributed by atoms with van der Waals surface area (Å²) in [5.74, 6) is 2.08. The van der Waals surface area contributed by atoms with E-state index in [-0.39, 0.29) is 12.5 Å². The number of carbonyl (C=O) groups excluding carboxylic acids is 1. The van der Waals surface area contributed by atoms with Gasteiger partial charge in [-0.2, -0.15) is 0 Å². The van der Waals surface area contributed by atoms with Gasteiger partial charge in [0, 0.05) is 29.7 Å². The summed E-state index contributed by atoms with van der Waals surface area (Å²) in [4.78, 5) is 16.8. The number of hydrogen-bond donors (Lipinski definition) is 1. The first-order valence-corrected chi connectivity index (χ1v) is 10.4. The molecule has 2 aromatic carbocycles. The second kappa shape index (κ2) is 8.10. The number of rotatable bonds is 6. The van der Waals surface area contributed by atoms with Gasteiger partial charge in [-0.15, -0.1) is 0 Å². The van der Waals surface area contributed by atoms with E-state index >= 15 is 0 Å². The van der Waals surface area contributed by atoms with Crippen LogP contribution in [-0.4, -0.2) is 27.8 Å². The van der Waals surface area contributed by atoms with Crippen molar-refractivity contribution in [2.45, 2.75) is 31.5 Å². The lowest BCUT2D eigenvalue weighted by Crippen LogP contribution is -2.20. The number of thioether (sulfide) groups is 1. The van der Waals surface area contributed by atoms with Crippen molar-refractivity contribution >= 4 is 23.4 Å². The average molecular weight is 394 g/mol. The van der Waals surface area contributed by atoms with E-state index in [0.29, 0.717) is 11.7 Å². The number of aryl methyl sites for hydroxylation is 1. The molecule has 0 saturated heterocycles. The molecule has 144 valence electrons. The summed E-state index contributed by atoms with van der Waals surface area (Å²) < 4.78 is 7.76. The monoisotopic (exact) mass is 393 g/mol. The molecule has 0 atom stereocenters. The third kappa shape index (κ3) is 4.22. The SMILES string of the molecule is CC(C)c1ccc(OCC(=O)Nc2ccc(-c3cn4c(n3)SCC4)cc2)cc1. The van der Waals surface area contributed by atoms with E-state index < -0.39 is 0 Å². The van der Waals surface area contributed by atoms with Crippen molar-refractivity contribution in [1.82, 2.24) is 9.55 Å². The lowest BCUT2D eigenvalue weighted by atomic mass is 10.0. The minimum Gasteiger partial charge on any atom is -0.484 e. The molecule has 0 spiro atoms. The molecule has 1 aliphatic heterocycles. The average Bonchev–Trinajstić information content (AvgIpc) is 3.29. The number of amides is 1. The van der Waals surface area contributed by atoms with Gasteiger partial charge in [0.15, 0.2) is 11.8 Å². The molecule has 0 aliphatic carbocycles. The third-order valence-corrected chi connectivity index (χ3v) is 5.66. The zero-order valence-electron chi connectivity index (χ0n) is 16.0. The number of nitrogens with one attached hydrogen (secondary N) is 1. The molecule has 1 amide bonds. The summed E-state index contributed by atoms with van der Waals surface area (Å²) in [6, 6.07) is 15.6. The van der Waals surface area contributed by atoms with E-state index in [0.717, 1.165) is 34.4 Å². The minimum absolute atomic E-state index is 0.0201. The highest BCUT2D eigenvalue weighted by molar-refractivity contribution is 7.99. The number of anilines is 1. The van der Waals surface area contributed by atoms with Crippen molar-refractivity contribution in [3.05, 3.63) is 60.3 Å². The number of ether oxygens (including phenoxy) is 1. The highest BCUT2D eigenvalue weighted by Crippen LogP contribution is 2.29. The molecule has 0 radical (unpaired) electrons. The van der Waals surface area contributed by atoms with Crippen molar-refractivity contribution in [3.8, 4) is 17.0 Å². The number of hydrogen-bond acceptors (Lipinski definition) is 4. The van der Waals surface area contributed by atoms with E-state index in [4.69, 9.17) is 4.74 Å². The Hall–Kier alpha value is -2.73. The van der Waals surface area contributed by atoms with Crippen LogP contribution in [0.1, 0.15) is 25.3 Å². The predicted molar refractivity (Wildman–Crippen MR) is 113 cm³/mol. The maximum atomic E-state index is 12.2. The fraction of sp³-hybridized carbons (Fsp3) is 0.273. The zero-order chi connectivity index (χ0) is 19.5. The fourth-order valence-corrected chi connectivity index (χ4v) is 4.01. The largest absolute Gasteiger partial charge is 0.484 e. The maximum absolute atomic E-state index is 12.2. The van der Waals surface area contributed by atoms with Gasteiger partial charge in [-0.05, 0) is 35.7 Å². The van der Waals surface area contributed by atoms with Gasteiger partial charge in [0.1, 0.15) is 5.75 Å². The number of carbonyl (C=O) groups is 1. The molecule has 1 aromatic heterocycles. The Morgan fingerprint density at radius 1 is 1.18 bits per heavy atom. The van der Waals surface area contributed by atoms with Crippen LogP contribution in [0.5, 0.6) is 5.75 Å². The van der Waals surface area contributed by atoms with E-state index in [1.807, 2.05) is 48.5 Å². The number of fused-ring (bicyclic) bond motifs is 1. The first-order chi connectivity index (χ1) is 13.6. The zero-order valence-corrected chi connectivity index (χ0v) is 16.8. The summed E-state index contributed by atoms with van der Waals surface area (Å²) in [5.41, 5.74) is 4.00. The Morgan fingerprint density at radius 2 is 1.93 bits per heavy atom. The van der Waals surface area contributed by atoms with Crippen LogP contribution in [0.25, 0.3) is 11.3 Å². The summed E-state index contributed by atoms with van der Waals surface area (Å²) >= 11 is 1.78. The Kier molecular flexibility index (Phi) is 5.39. The lowest BCUT2D eigenvalue weighted by molar-refractivity contribution is -0.118. The molecule has 4 rings (SSSR count). The quantitative estimate of drug-likeness (QED) is 0.654. The summed E-state index contributed by atoms with van der Waals surface area (Å²) in [6.07, 6.45) is 2.08. The fourth-order valence-electron chi connectivity index (χ4n) is 3.07. The first-order valence-electron chi connectivity index (χ1n) is 9.41. The molecule has 1 N–H and O–H groups in total. The molecule has 28 heavy (non-hydrogen) atoms. The second-order valence-corrected chi connectivity index (χ2v) is 8.15. The lowest BCUT2D eigenvalue weighted by Gasteiger charge is -2.09. The highest BCUT2D eigenvalue weighted by atomic mass is 32.2. The van der Waals surface area contributed by atoms with Crippen molar-refractivity contribution in [2.24, 2.45) is 0 Å². The third-order valence-electron chi connectivity index (χ3n) is 4.68. The van der Waals surface area contributed by atoms with Crippen LogP contribution in [0.3, 0.4) is 0 Å². The van der Waals surface area contributed by atoms with E-state index in [1.165, 1.54) is 5.56 Å².